The summed E-state index contributed by atoms with van der Waals surface area (Å²) in [5.74, 6) is -2.12. The van der Waals surface area contributed by atoms with Crippen LogP contribution < -0.4 is 0 Å². The number of hydrogen-bond donors (Lipinski definition) is 1. The van der Waals surface area contributed by atoms with Gasteiger partial charge in [0.2, 0.25) is 0 Å². The number of carboxylic acids is 1. The largest absolute Gasteiger partial charge is 0.481 e. The van der Waals surface area contributed by atoms with Gasteiger partial charge in [-0.2, -0.15) is 0 Å². The van der Waals surface area contributed by atoms with E-state index in [-0.39, 0.29) is 24.5 Å². The van der Waals surface area contributed by atoms with E-state index >= 15 is 0 Å². The highest BCUT2D eigenvalue weighted by molar-refractivity contribution is 5.75. The van der Waals surface area contributed by atoms with E-state index in [1.54, 1.807) is 6.07 Å². The minimum atomic E-state index is -1.14. The minimum absolute atomic E-state index is 0.0445. The average molecular weight is 437 g/mol. The maximum Gasteiger partial charge on any atom is 0.410 e. The van der Waals surface area contributed by atoms with Gasteiger partial charge in [0.1, 0.15) is 18.2 Å². The van der Waals surface area contributed by atoms with Crippen LogP contribution in [0.15, 0.2) is 60.7 Å². The Bertz CT molecular complexity index is 1160. The number of benzene rings is 3. The van der Waals surface area contributed by atoms with Crippen molar-refractivity contribution in [3.63, 3.8) is 0 Å². The Morgan fingerprint density at radius 3 is 2.47 bits per heavy atom. The van der Waals surface area contributed by atoms with E-state index in [0.717, 1.165) is 5.56 Å². The average Bonchev–Trinajstić information content (AvgIpc) is 2.79. The number of carbonyl (C=O) groups is 2. The molecule has 0 bridgehead atoms. The minimum Gasteiger partial charge on any atom is -0.481 e. The molecule has 1 heterocycles. The zero-order valence-electron chi connectivity index (χ0n) is 17.2. The summed E-state index contributed by atoms with van der Waals surface area (Å²) in [6.45, 7) is 0.589. The summed E-state index contributed by atoms with van der Waals surface area (Å²) < 4.78 is 34.0. The van der Waals surface area contributed by atoms with Crippen molar-refractivity contribution < 1.29 is 28.2 Å². The highest BCUT2D eigenvalue weighted by atomic mass is 19.1. The zero-order chi connectivity index (χ0) is 22.7. The molecule has 4 rings (SSSR count). The molecule has 7 heteroatoms. The number of fused-ring (bicyclic) bond motifs is 1. The molecule has 0 saturated heterocycles. The molecule has 0 atom stereocenters. The maximum atomic E-state index is 14.5. The van der Waals surface area contributed by atoms with Crippen LogP contribution >= 0.6 is 0 Å². The number of nitrogens with zero attached hydrogens (tertiary/aromatic N) is 1. The van der Waals surface area contributed by atoms with Crippen molar-refractivity contribution in [3.8, 4) is 11.1 Å². The fraction of sp³-hybridized carbons (Fsp3) is 0.200. The van der Waals surface area contributed by atoms with Gasteiger partial charge in [-0.05, 0) is 58.0 Å². The second kappa shape index (κ2) is 9.18. The SMILES string of the molecule is O=C(O)Cc1cc(-c2ccc(F)c3c2CN(C(=O)OCc2ccccc2)CC3)ccc1F. The van der Waals surface area contributed by atoms with E-state index in [1.165, 1.54) is 29.2 Å². The van der Waals surface area contributed by atoms with Gasteiger partial charge in [-0.1, -0.05) is 42.5 Å². The Morgan fingerprint density at radius 2 is 1.72 bits per heavy atom. The number of ether oxygens (including phenoxy) is 1. The highest BCUT2D eigenvalue weighted by Crippen LogP contribution is 2.33. The highest BCUT2D eigenvalue weighted by Gasteiger charge is 2.26. The van der Waals surface area contributed by atoms with Gasteiger partial charge in [-0.25, -0.2) is 13.6 Å². The van der Waals surface area contributed by atoms with E-state index in [2.05, 4.69) is 0 Å². The Morgan fingerprint density at radius 1 is 0.969 bits per heavy atom. The van der Waals surface area contributed by atoms with Crippen molar-refractivity contribution in [1.82, 2.24) is 4.90 Å². The van der Waals surface area contributed by atoms with Crippen molar-refractivity contribution in [2.75, 3.05) is 6.54 Å². The van der Waals surface area contributed by atoms with Crippen LogP contribution in [0.4, 0.5) is 13.6 Å². The summed E-state index contributed by atoms with van der Waals surface area (Å²) in [5, 5.41) is 9.04. The van der Waals surface area contributed by atoms with Gasteiger partial charge in [0.25, 0.3) is 0 Å². The van der Waals surface area contributed by atoms with Crippen molar-refractivity contribution in [3.05, 3.63) is 94.6 Å². The Hall–Kier alpha value is -3.74. The number of rotatable bonds is 5. The van der Waals surface area contributed by atoms with E-state index in [0.29, 0.717) is 35.2 Å². The molecule has 1 aliphatic rings. The summed E-state index contributed by atoms with van der Waals surface area (Å²) in [6, 6.07) is 16.4. The number of carboxylic acid groups (broad SMARTS) is 1. The van der Waals surface area contributed by atoms with Crippen LogP contribution in [0.2, 0.25) is 0 Å². The molecule has 32 heavy (non-hydrogen) atoms. The van der Waals surface area contributed by atoms with Crippen LogP contribution in [0.25, 0.3) is 11.1 Å². The van der Waals surface area contributed by atoms with Gasteiger partial charge in [0.05, 0.1) is 6.42 Å². The van der Waals surface area contributed by atoms with Crippen molar-refractivity contribution >= 4 is 12.1 Å². The first-order valence-corrected chi connectivity index (χ1v) is 10.2. The lowest BCUT2D eigenvalue weighted by Gasteiger charge is -2.30. The molecular weight excluding hydrogens is 416 g/mol. The molecule has 1 aliphatic heterocycles. The fourth-order valence-corrected chi connectivity index (χ4v) is 3.91. The van der Waals surface area contributed by atoms with Gasteiger partial charge in [-0.15, -0.1) is 0 Å². The van der Waals surface area contributed by atoms with Crippen LogP contribution in [0, 0.1) is 11.6 Å². The standard InChI is InChI=1S/C25H21F2NO4/c26-22-8-6-17(12-18(22)13-24(29)30)19-7-9-23(27)20-10-11-28(14-21(19)20)25(31)32-15-16-4-2-1-3-5-16/h1-9,12H,10-11,13-15H2,(H,29,30). The molecule has 0 saturated carbocycles. The van der Waals surface area contributed by atoms with Crippen LogP contribution in [-0.2, 0) is 35.5 Å². The monoisotopic (exact) mass is 437 g/mol. The normalized spacial score (nSPS) is 12.9. The van der Waals surface area contributed by atoms with Crippen LogP contribution in [0.1, 0.15) is 22.3 Å². The maximum absolute atomic E-state index is 14.5. The lowest BCUT2D eigenvalue weighted by molar-refractivity contribution is -0.136. The van der Waals surface area contributed by atoms with Gasteiger partial charge in [0, 0.05) is 13.1 Å². The molecule has 164 valence electrons. The van der Waals surface area contributed by atoms with Crippen molar-refractivity contribution in [1.29, 1.82) is 0 Å². The number of carbonyl (C=O) groups excluding carboxylic acids is 1. The number of amides is 1. The molecule has 0 aliphatic carbocycles. The van der Waals surface area contributed by atoms with E-state index in [4.69, 9.17) is 9.84 Å². The zero-order valence-corrected chi connectivity index (χ0v) is 17.2. The summed E-state index contributed by atoms with van der Waals surface area (Å²) in [7, 11) is 0. The molecule has 3 aromatic carbocycles. The number of halogens is 2. The predicted octanol–water partition coefficient (Wildman–Crippen LogP) is 4.95. The third-order valence-electron chi connectivity index (χ3n) is 5.52. The molecule has 0 spiro atoms. The van der Waals surface area contributed by atoms with Crippen molar-refractivity contribution in [2.45, 2.75) is 26.0 Å². The molecule has 0 aromatic heterocycles. The van der Waals surface area contributed by atoms with Crippen LogP contribution in [0.5, 0.6) is 0 Å². The third-order valence-corrected chi connectivity index (χ3v) is 5.52. The molecule has 0 fully saturated rings. The number of hydrogen-bond acceptors (Lipinski definition) is 3. The molecule has 0 unspecified atom stereocenters. The molecular formula is C25H21F2NO4. The third kappa shape index (κ3) is 4.61. The smallest absolute Gasteiger partial charge is 0.410 e. The number of aliphatic carboxylic acids is 1. The topological polar surface area (TPSA) is 66.8 Å². The molecule has 5 nitrogen and oxygen atoms in total. The summed E-state index contributed by atoms with van der Waals surface area (Å²) >= 11 is 0. The first-order valence-electron chi connectivity index (χ1n) is 10.2. The van der Waals surface area contributed by atoms with Crippen molar-refractivity contribution in [2.24, 2.45) is 0 Å². The molecule has 3 aromatic rings. The second-order valence-corrected chi connectivity index (χ2v) is 7.64. The molecule has 1 N–H and O–H groups in total. The second-order valence-electron chi connectivity index (χ2n) is 7.64. The van der Waals surface area contributed by atoms with Gasteiger partial charge in [-0.3, -0.25) is 4.79 Å². The van der Waals surface area contributed by atoms with Crippen LogP contribution in [0.3, 0.4) is 0 Å². The first-order chi connectivity index (χ1) is 15.4. The summed E-state index contributed by atoms with van der Waals surface area (Å²) in [6.07, 6.45) is -0.639. The van der Waals surface area contributed by atoms with E-state index < -0.39 is 24.3 Å². The summed E-state index contributed by atoms with van der Waals surface area (Å²) in [5.41, 5.74) is 3.22. The van der Waals surface area contributed by atoms with Gasteiger partial charge in [0.15, 0.2) is 0 Å². The fourth-order valence-electron chi connectivity index (χ4n) is 3.91. The quantitative estimate of drug-likeness (QED) is 0.613. The molecule has 0 radical (unpaired) electrons. The Labute approximate surface area is 183 Å². The van der Waals surface area contributed by atoms with Crippen LogP contribution in [-0.4, -0.2) is 28.6 Å². The van der Waals surface area contributed by atoms with E-state index in [9.17, 15) is 18.4 Å². The van der Waals surface area contributed by atoms with E-state index in [1.807, 2.05) is 30.3 Å². The lowest BCUT2D eigenvalue weighted by Crippen LogP contribution is -2.37. The summed E-state index contributed by atoms with van der Waals surface area (Å²) in [4.78, 5) is 25.2. The first kappa shape index (κ1) is 21.5. The predicted molar refractivity (Wildman–Crippen MR) is 114 cm³/mol. The molecule has 1 amide bonds. The van der Waals surface area contributed by atoms with Gasteiger partial charge < -0.3 is 14.7 Å². The van der Waals surface area contributed by atoms with Gasteiger partial charge >= 0.3 is 12.1 Å². The Kier molecular flexibility index (Phi) is 6.16. The lowest BCUT2D eigenvalue weighted by atomic mass is 9.90. The Balaban J connectivity index is 1.60.